The van der Waals surface area contributed by atoms with Crippen LogP contribution in [0.1, 0.15) is 5.56 Å². The molecule has 1 aromatic heterocycles. The predicted molar refractivity (Wildman–Crippen MR) is 82.6 cm³/mol. The molecule has 0 spiro atoms. The van der Waals surface area contributed by atoms with E-state index in [9.17, 15) is 14.8 Å². The molecule has 1 saturated heterocycles. The van der Waals surface area contributed by atoms with Crippen molar-refractivity contribution >= 4 is 24.0 Å². The number of nitrogens with one attached hydrogen (secondary N) is 1. The molecular formula is C15H18BNO6. The molecule has 122 valence electrons. The van der Waals surface area contributed by atoms with Crippen molar-refractivity contribution in [3.63, 3.8) is 0 Å². The van der Waals surface area contributed by atoms with E-state index in [4.69, 9.17) is 13.9 Å². The Bertz CT molecular complexity index is 667. The highest BCUT2D eigenvalue weighted by molar-refractivity contribution is 6.43. The molecule has 1 aromatic carbocycles. The van der Waals surface area contributed by atoms with Crippen LogP contribution in [0.15, 0.2) is 34.9 Å². The molecule has 23 heavy (non-hydrogen) atoms. The van der Waals surface area contributed by atoms with E-state index in [1.54, 1.807) is 6.26 Å². The number of ether oxygens (including phenoxy) is 2. The van der Waals surface area contributed by atoms with E-state index in [1.807, 2.05) is 24.3 Å². The predicted octanol–water partition coefficient (Wildman–Crippen LogP) is -0.113. The van der Waals surface area contributed by atoms with E-state index in [-0.39, 0.29) is 13.0 Å². The Morgan fingerprint density at radius 3 is 2.91 bits per heavy atom. The molecule has 1 aliphatic rings. The minimum Gasteiger partial charge on any atom is -0.464 e. The second-order valence-corrected chi connectivity index (χ2v) is 5.42. The summed E-state index contributed by atoms with van der Waals surface area (Å²) in [5, 5.41) is 22.6. The first-order valence-electron chi connectivity index (χ1n) is 7.46. The SMILES string of the molecule is O=C(NC(Cc1coc2ccccc12)B(O)O)[C@H]1COCCO1. The Hall–Kier alpha value is -1.87. The number of benzene rings is 1. The summed E-state index contributed by atoms with van der Waals surface area (Å²) in [6.07, 6.45) is 1.06. The van der Waals surface area contributed by atoms with E-state index in [2.05, 4.69) is 5.32 Å². The van der Waals surface area contributed by atoms with Gasteiger partial charge < -0.3 is 29.3 Å². The molecule has 1 fully saturated rings. The van der Waals surface area contributed by atoms with Crippen LogP contribution in [0, 0.1) is 0 Å². The van der Waals surface area contributed by atoms with Crippen molar-refractivity contribution in [3.8, 4) is 0 Å². The second kappa shape index (κ2) is 7.14. The highest BCUT2D eigenvalue weighted by Gasteiger charge is 2.31. The third-order valence-corrected chi connectivity index (χ3v) is 3.80. The van der Waals surface area contributed by atoms with Crippen molar-refractivity contribution < 1.29 is 28.7 Å². The van der Waals surface area contributed by atoms with Gasteiger partial charge in [-0.15, -0.1) is 0 Å². The van der Waals surface area contributed by atoms with E-state index < -0.39 is 25.1 Å². The zero-order valence-electron chi connectivity index (χ0n) is 12.5. The normalized spacial score (nSPS) is 19.5. The van der Waals surface area contributed by atoms with Gasteiger partial charge in [-0.3, -0.25) is 4.79 Å². The van der Waals surface area contributed by atoms with Crippen LogP contribution in [0.2, 0.25) is 0 Å². The van der Waals surface area contributed by atoms with Gasteiger partial charge in [0.15, 0.2) is 6.10 Å². The first-order chi connectivity index (χ1) is 11.1. The van der Waals surface area contributed by atoms with Gasteiger partial charge in [-0.05, 0) is 18.1 Å². The molecular weight excluding hydrogens is 301 g/mol. The first kappa shape index (κ1) is 16.0. The molecule has 0 bridgehead atoms. The van der Waals surface area contributed by atoms with E-state index in [0.29, 0.717) is 18.8 Å². The van der Waals surface area contributed by atoms with Gasteiger partial charge in [0.1, 0.15) is 5.58 Å². The average molecular weight is 319 g/mol. The summed E-state index contributed by atoms with van der Waals surface area (Å²) in [5.74, 6) is -1.29. The summed E-state index contributed by atoms with van der Waals surface area (Å²) in [7, 11) is -1.70. The number of carbonyl (C=O) groups is 1. The molecule has 0 saturated carbocycles. The van der Waals surface area contributed by atoms with E-state index in [0.717, 1.165) is 10.9 Å². The maximum Gasteiger partial charge on any atom is 0.475 e. The number of furan rings is 1. The number of hydrogen-bond donors (Lipinski definition) is 3. The fourth-order valence-corrected chi connectivity index (χ4v) is 2.57. The molecule has 2 aromatic rings. The molecule has 1 aliphatic heterocycles. The lowest BCUT2D eigenvalue weighted by atomic mass is 9.75. The minimum absolute atomic E-state index is 0.161. The Morgan fingerprint density at radius 1 is 1.35 bits per heavy atom. The van der Waals surface area contributed by atoms with E-state index in [1.165, 1.54) is 0 Å². The van der Waals surface area contributed by atoms with Gasteiger partial charge >= 0.3 is 7.12 Å². The molecule has 8 heteroatoms. The molecule has 2 atom stereocenters. The lowest BCUT2D eigenvalue weighted by Gasteiger charge is -2.25. The Balaban J connectivity index is 1.70. The minimum atomic E-state index is -1.70. The summed E-state index contributed by atoms with van der Waals surface area (Å²) < 4.78 is 15.9. The molecule has 1 amide bonds. The van der Waals surface area contributed by atoms with Crippen molar-refractivity contribution in [3.05, 3.63) is 36.1 Å². The number of hydrogen-bond acceptors (Lipinski definition) is 6. The number of fused-ring (bicyclic) bond motifs is 1. The molecule has 1 unspecified atom stereocenters. The van der Waals surface area contributed by atoms with Gasteiger partial charge in [-0.2, -0.15) is 0 Å². The lowest BCUT2D eigenvalue weighted by Crippen LogP contribution is -2.53. The third kappa shape index (κ3) is 3.73. The quantitative estimate of drug-likeness (QED) is 0.665. The lowest BCUT2D eigenvalue weighted by molar-refractivity contribution is -0.147. The monoisotopic (exact) mass is 319 g/mol. The van der Waals surface area contributed by atoms with Crippen LogP contribution in [-0.4, -0.2) is 54.9 Å². The van der Waals surface area contributed by atoms with Crippen LogP contribution in [0.25, 0.3) is 11.0 Å². The number of amides is 1. The molecule has 7 nitrogen and oxygen atoms in total. The second-order valence-electron chi connectivity index (χ2n) is 5.42. The van der Waals surface area contributed by atoms with Crippen LogP contribution in [-0.2, 0) is 20.7 Å². The highest BCUT2D eigenvalue weighted by Crippen LogP contribution is 2.22. The van der Waals surface area contributed by atoms with Crippen molar-refractivity contribution in [1.29, 1.82) is 0 Å². The van der Waals surface area contributed by atoms with Crippen LogP contribution in [0.3, 0.4) is 0 Å². The maximum absolute atomic E-state index is 12.1. The van der Waals surface area contributed by atoms with Crippen molar-refractivity contribution in [2.75, 3.05) is 19.8 Å². The van der Waals surface area contributed by atoms with Crippen molar-refractivity contribution in [2.45, 2.75) is 18.5 Å². The van der Waals surface area contributed by atoms with Crippen molar-refractivity contribution in [2.24, 2.45) is 0 Å². The van der Waals surface area contributed by atoms with Crippen LogP contribution >= 0.6 is 0 Å². The molecule has 3 N–H and O–H groups in total. The Morgan fingerprint density at radius 2 is 2.17 bits per heavy atom. The molecule has 0 aliphatic carbocycles. The van der Waals surface area contributed by atoms with Gasteiger partial charge in [0.2, 0.25) is 0 Å². The summed E-state index contributed by atoms with van der Waals surface area (Å²) in [5.41, 5.74) is 1.50. The summed E-state index contributed by atoms with van der Waals surface area (Å²) >= 11 is 0. The average Bonchev–Trinajstić information content (AvgIpc) is 2.98. The fourth-order valence-electron chi connectivity index (χ4n) is 2.57. The third-order valence-electron chi connectivity index (χ3n) is 3.80. The fraction of sp³-hybridized carbons (Fsp3) is 0.400. The zero-order chi connectivity index (χ0) is 16.2. The highest BCUT2D eigenvalue weighted by atomic mass is 16.6. The van der Waals surface area contributed by atoms with Crippen LogP contribution < -0.4 is 5.32 Å². The summed E-state index contributed by atoms with van der Waals surface area (Å²) in [6, 6.07) is 7.44. The zero-order valence-corrected chi connectivity index (χ0v) is 12.5. The van der Waals surface area contributed by atoms with Gasteiger partial charge in [-0.1, -0.05) is 18.2 Å². The molecule has 3 rings (SSSR count). The Labute approximate surface area is 133 Å². The Kier molecular flexibility index (Phi) is 4.97. The van der Waals surface area contributed by atoms with Gasteiger partial charge in [0.05, 0.1) is 32.0 Å². The summed E-state index contributed by atoms with van der Waals surface area (Å²) in [6.45, 7) is 0.961. The van der Waals surface area contributed by atoms with Gasteiger partial charge in [0.25, 0.3) is 5.91 Å². The number of rotatable bonds is 5. The largest absolute Gasteiger partial charge is 0.475 e. The van der Waals surface area contributed by atoms with Crippen LogP contribution in [0.4, 0.5) is 0 Å². The van der Waals surface area contributed by atoms with Crippen molar-refractivity contribution in [1.82, 2.24) is 5.32 Å². The number of para-hydroxylation sites is 1. The smallest absolute Gasteiger partial charge is 0.464 e. The standard InChI is InChI=1S/C15H18BNO6/c18-15(13-9-21-5-6-22-13)17-14(16(19)20)7-10-8-23-12-4-2-1-3-11(10)12/h1-4,8,13-14,19-20H,5-7,9H2,(H,17,18)/t13-,14?/m1/s1. The summed E-state index contributed by atoms with van der Waals surface area (Å²) in [4.78, 5) is 12.1. The van der Waals surface area contributed by atoms with Gasteiger partial charge in [0, 0.05) is 5.39 Å². The first-order valence-corrected chi connectivity index (χ1v) is 7.46. The maximum atomic E-state index is 12.1. The van der Waals surface area contributed by atoms with Crippen LogP contribution in [0.5, 0.6) is 0 Å². The van der Waals surface area contributed by atoms with E-state index >= 15 is 0 Å². The topological polar surface area (TPSA) is 101 Å². The molecule has 0 radical (unpaired) electrons. The van der Waals surface area contributed by atoms with Gasteiger partial charge in [-0.25, -0.2) is 0 Å². The number of carbonyl (C=O) groups excluding carboxylic acids is 1. The molecule has 2 heterocycles.